The van der Waals surface area contributed by atoms with E-state index in [-0.39, 0.29) is 0 Å². The van der Waals surface area contributed by atoms with Crippen LogP contribution in [-0.2, 0) is 13.1 Å². The lowest BCUT2D eigenvalue weighted by Crippen LogP contribution is -2.52. The molecule has 1 N–H and O–H groups in total. The quantitative estimate of drug-likeness (QED) is 0.490. The number of nitrogens with one attached hydrogen (secondary N) is 1. The lowest BCUT2D eigenvalue weighted by molar-refractivity contribution is 0.370. The number of piperazine rings is 1. The molecule has 2 heterocycles. The molecule has 4 rings (SSSR count). The van der Waals surface area contributed by atoms with Crippen molar-refractivity contribution in [1.29, 1.82) is 0 Å². The average Bonchev–Trinajstić information content (AvgIpc) is 3.21. The van der Waals surface area contributed by atoms with E-state index in [4.69, 9.17) is 0 Å². The molecule has 8 heteroatoms. The van der Waals surface area contributed by atoms with Gasteiger partial charge in [-0.15, -0.1) is 0 Å². The highest BCUT2D eigenvalue weighted by atomic mass is 19.1. The van der Waals surface area contributed by atoms with E-state index >= 15 is 0 Å². The fraction of sp³-hybridized carbons (Fsp3) is 0.333. The number of hydrogen-bond donors (Lipinski definition) is 1. The Hall–Kier alpha value is -3.42. The standard InChI is InChI=1S/C24H28F2N6/c1-18-28-8-9-32(18)17-20-5-3-4-19(14-20)16-29-24(27-2)31-12-10-30(11-13-31)23-15-21(25)6-7-22(23)26/h3-9,14-15H,10-13,16-17H2,1-2H3,(H,27,29). The summed E-state index contributed by atoms with van der Waals surface area (Å²) in [5, 5.41) is 3.43. The smallest absolute Gasteiger partial charge is 0.194 e. The zero-order chi connectivity index (χ0) is 22.5. The minimum atomic E-state index is -0.424. The number of anilines is 1. The Morgan fingerprint density at radius 3 is 2.56 bits per heavy atom. The van der Waals surface area contributed by atoms with Crippen LogP contribution in [0.25, 0.3) is 0 Å². The molecule has 3 aromatic rings. The Kier molecular flexibility index (Phi) is 6.68. The second-order valence-corrected chi connectivity index (χ2v) is 7.89. The van der Waals surface area contributed by atoms with Crippen molar-refractivity contribution < 1.29 is 8.78 Å². The molecule has 6 nitrogen and oxygen atoms in total. The van der Waals surface area contributed by atoms with Crippen molar-refractivity contribution in [3.8, 4) is 0 Å². The van der Waals surface area contributed by atoms with Gasteiger partial charge in [-0.05, 0) is 30.2 Å². The molecular formula is C24H28F2N6. The zero-order valence-corrected chi connectivity index (χ0v) is 18.4. The number of aromatic nitrogens is 2. The molecule has 0 saturated carbocycles. The molecule has 0 atom stereocenters. The van der Waals surface area contributed by atoms with Gasteiger partial charge in [0.15, 0.2) is 5.96 Å². The number of hydrogen-bond acceptors (Lipinski definition) is 3. The van der Waals surface area contributed by atoms with Gasteiger partial charge >= 0.3 is 0 Å². The Morgan fingerprint density at radius 1 is 1.06 bits per heavy atom. The van der Waals surface area contributed by atoms with E-state index in [0.717, 1.165) is 24.4 Å². The zero-order valence-electron chi connectivity index (χ0n) is 18.4. The van der Waals surface area contributed by atoms with Crippen molar-refractivity contribution in [2.24, 2.45) is 4.99 Å². The van der Waals surface area contributed by atoms with Crippen LogP contribution in [0, 0.1) is 18.6 Å². The average molecular weight is 439 g/mol. The van der Waals surface area contributed by atoms with Gasteiger partial charge in [-0.2, -0.15) is 0 Å². The van der Waals surface area contributed by atoms with Crippen LogP contribution in [-0.4, -0.2) is 53.6 Å². The molecule has 0 spiro atoms. The molecule has 0 unspecified atom stereocenters. The monoisotopic (exact) mass is 438 g/mol. The number of imidazole rings is 1. The summed E-state index contributed by atoms with van der Waals surface area (Å²) in [7, 11) is 1.76. The first kappa shape index (κ1) is 21.8. The molecule has 168 valence electrons. The predicted octanol–water partition coefficient (Wildman–Crippen LogP) is 3.42. The molecule has 2 aromatic carbocycles. The van der Waals surface area contributed by atoms with E-state index in [1.165, 1.54) is 23.3 Å². The van der Waals surface area contributed by atoms with Crippen LogP contribution >= 0.6 is 0 Å². The van der Waals surface area contributed by atoms with Gasteiger partial charge in [0.2, 0.25) is 0 Å². The van der Waals surface area contributed by atoms with E-state index in [2.05, 4.69) is 49.0 Å². The summed E-state index contributed by atoms with van der Waals surface area (Å²) in [5.74, 6) is 0.978. The number of rotatable bonds is 5. The van der Waals surface area contributed by atoms with Crippen LogP contribution in [0.2, 0.25) is 0 Å². The largest absolute Gasteiger partial charge is 0.366 e. The maximum Gasteiger partial charge on any atom is 0.194 e. The minimum absolute atomic E-state index is 0.317. The Bertz CT molecular complexity index is 1090. The first-order chi connectivity index (χ1) is 15.5. The second kappa shape index (κ2) is 9.80. The van der Waals surface area contributed by atoms with Gasteiger partial charge in [0.1, 0.15) is 17.5 Å². The lowest BCUT2D eigenvalue weighted by atomic mass is 10.1. The highest BCUT2D eigenvalue weighted by Crippen LogP contribution is 2.22. The Balaban J connectivity index is 1.33. The third-order valence-corrected chi connectivity index (χ3v) is 5.76. The topological polar surface area (TPSA) is 48.7 Å². The highest BCUT2D eigenvalue weighted by molar-refractivity contribution is 5.80. The summed E-state index contributed by atoms with van der Waals surface area (Å²) in [5.41, 5.74) is 2.70. The minimum Gasteiger partial charge on any atom is -0.366 e. The van der Waals surface area contributed by atoms with Gasteiger partial charge in [0.25, 0.3) is 0 Å². The number of aryl methyl sites for hydroxylation is 1. The summed E-state index contributed by atoms with van der Waals surface area (Å²) in [4.78, 5) is 12.7. The van der Waals surface area contributed by atoms with E-state index in [0.29, 0.717) is 38.4 Å². The van der Waals surface area contributed by atoms with E-state index < -0.39 is 11.6 Å². The second-order valence-electron chi connectivity index (χ2n) is 7.89. The molecule has 32 heavy (non-hydrogen) atoms. The molecule has 1 saturated heterocycles. The summed E-state index contributed by atoms with van der Waals surface area (Å²) in [6, 6.07) is 12.0. The SMILES string of the molecule is CN=C(NCc1cccc(Cn2ccnc2C)c1)N1CCN(c2cc(F)ccc2F)CC1. The number of aliphatic imine (C=N–C) groups is 1. The van der Waals surface area contributed by atoms with Crippen molar-refractivity contribution in [2.75, 3.05) is 38.1 Å². The lowest BCUT2D eigenvalue weighted by Gasteiger charge is -2.37. The number of benzene rings is 2. The van der Waals surface area contributed by atoms with E-state index in [9.17, 15) is 8.78 Å². The van der Waals surface area contributed by atoms with E-state index in [1.54, 1.807) is 7.05 Å². The number of halogens is 2. The first-order valence-electron chi connectivity index (χ1n) is 10.7. The normalized spacial score (nSPS) is 14.7. The van der Waals surface area contributed by atoms with Gasteiger partial charge in [-0.3, -0.25) is 4.99 Å². The van der Waals surface area contributed by atoms with Crippen molar-refractivity contribution in [3.05, 3.63) is 83.4 Å². The predicted molar refractivity (Wildman–Crippen MR) is 123 cm³/mol. The highest BCUT2D eigenvalue weighted by Gasteiger charge is 2.22. The van der Waals surface area contributed by atoms with Crippen molar-refractivity contribution in [3.63, 3.8) is 0 Å². The van der Waals surface area contributed by atoms with Gasteiger partial charge in [-0.1, -0.05) is 24.3 Å². The van der Waals surface area contributed by atoms with Crippen LogP contribution in [0.4, 0.5) is 14.5 Å². The molecule has 0 radical (unpaired) electrons. The number of nitrogens with zero attached hydrogens (tertiary/aromatic N) is 5. The van der Waals surface area contributed by atoms with Crippen molar-refractivity contribution in [2.45, 2.75) is 20.0 Å². The van der Waals surface area contributed by atoms with E-state index in [1.807, 2.05) is 24.2 Å². The van der Waals surface area contributed by atoms with Crippen molar-refractivity contribution >= 4 is 11.6 Å². The fourth-order valence-corrected chi connectivity index (χ4v) is 4.01. The maximum atomic E-state index is 14.1. The summed E-state index contributed by atoms with van der Waals surface area (Å²) in [6.07, 6.45) is 3.80. The molecule has 0 amide bonds. The van der Waals surface area contributed by atoms with Gasteiger partial charge in [0.05, 0.1) is 5.69 Å². The summed E-state index contributed by atoms with van der Waals surface area (Å²) >= 11 is 0. The Morgan fingerprint density at radius 2 is 1.84 bits per heavy atom. The van der Waals surface area contributed by atoms with Gasteiger partial charge in [-0.25, -0.2) is 13.8 Å². The van der Waals surface area contributed by atoms with Crippen molar-refractivity contribution in [1.82, 2.24) is 19.8 Å². The van der Waals surface area contributed by atoms with Crippen LogP contribution in [0.1, 0.15) is 17.0 Å². The molecular weight excluding hydrogens is 410 g/mol. The van der Waals surface area contributed by atoms with Crippen LogP contribution < -0.4 is 10.2 Å². The Labute approximate surface area is 187 Å². The molecule has 1 aliphatic rings. The first-order valence-corrected chi connectivity index (χ1v) is 10.7. The summed E-state index contributed by atoms with van der Waals surface area (Å²) in [6.45, 7) is 5.99. The third kappa shape index (κ3) is 5.07. The van der Waals surface area contributed by atoms with Crippen LogP contribution in [0.3, 0.4) is 0 Å². The van der Waals surface area contributed by atoms with Crippen LogP contribution in [0.5, 0.6) is 0 Å². The van der Waals surface area contributed by atoms with Crippen LogP contribution in [0.15, 0.2) is 59.9 Å². The summed E-state index contributed by atoms with van der Waals surface area (Å²) < 4.78 is 29.8. The molecule has 1 fully saturated rings. The third-order valence-electron chi connectivity index (χ3n) is 5.76. The van der Waals surface area contributed by atoms with Gasteiger partial charge < -0.3 is 19.7 Å². The molecule has 1 aromatic heterocycles. The molecule has 0 bridgehead atoms. The fourth-order valence-electron chi connectivity index (χ4n) is 4.01. The maximum absolute atomic E-state index is 14.1. The molecule has 1 aliphatic heterocycles. The number of guanidine groups is 1. The van der Waals surface area contributed by atoms with Gasteiger partial charge in [0, 0.05) is 64.8 Å². The molecule has 0 aliphatic carbocycles.